The molecule has 0 aliphatic rings. The van der Waals surface area contributed by atoms with E-state index in [-0.39, 0.29) is 0 Å². The van der Waals surface area contributed by atoms with E-state index in [1.54, 1.807) is 11.8 Å². The Labute approximate surface area is 66.0 Å². The predicted octanol–water partition coefficient (Wildman–Crippen LogP) is 3.40. The van der Waals surface area contributed by atoms with Crippen molar-refractivity contribution in [1.82, 2.24) is 0 Å². The molecule has 0 nitrogen and oxygen atoms in total. The molecule has 0 aliphatic heterocycles. The largest absolute Gasteiger partial charge is 0.127 e. The van der Waals surface area contributed by atoms with E-state index in [9.17, 15) is 0 Å². The van der Waals surface area contributed by atoms with E-state index >= 15 is 0 Å². The van der Waals surface area contributed by atoms with Crippen LogP contribution in [-0.4, -0.2) is 5.75 Å². The molecule has 0 unspecified atom stereocenters. The Morgan fingerprint density at radius 3 is 2.67 bits per heavy atom. The lowest BCUT2D eigenvalue weighted by molar-refractivity contribution is 1.53. The van der Waals surface area contributed by atoms with Crippen molar-refractivity contribution in [3.8, 4) is 0 Å². The average Bonchev–Trinajstić information content (AvgIpc) is 1.63. The van der Waals surface area contributed by atoms with Gasteiger partial charge in [0.25, 0.3) is 0 Å². The molecule has 9 heavy (non-hydrogen) atoms. The summed E-state index contributed by atoms with van der Waals surface area (Å²) < 4.78 is 0. The molecular weight excluding hydrogens is 152 g/mol. The van der Waals surface area contributed by atoms with E-state index in [2.05, 4.69) is 13.5 Å². The molecule has 0 saturated carbocycles. The van der Waals surface area contributed by atoms with Crippen LogP contribution in [0.5, 0.6) is 0 Å². The first kappa shape index (κ1) is 9.12. The van der Waals surface area contributed by atoms with Gasteiger partial charge in [0, 0.05) is 9.94 Å². The first-order valence-electron chi connectivity index (χ1n) is 2.82. The number of hydrogen-bond donors (Lipinski definition) is 0. The normalized spacial score (nSPS) is 11.7. The molecule has 0 saturated heterocycles. The third-order valence-electron chi connectivity index (χ3n) is 0.690. The Kier molecular flexibility index (Phi) is 5.02. The molecule has 0 aromatic rings. The summed E-state index contributed by atoms with van der Waals surface area (Å²) in [5.41, 5.74) is 0. The molecule has 0 aromatic carbocycles. The molecule has 0 rings (SSSR count). The second-order valence-corrected chi connectivity index (χ2v) is 3.62. The van der Waals surface area contributed by atoms with E-state index in [0.29, 0.717) is 0 Å². The van der Waals surface area contributed by atoms with Crippen molar-refractivity contribution in [3.63, 3.8) is 0 Å². The topological polar surface area (TPSA) is 0 Å². The van der Waals surface area contributed by atoms with Gasteiger partial charge in [-0.3, -0.25) is 0 Å². The number of allylic oxidation sites excluding steroid dienone is 2. The first-order valence-corrected chi connectivity index (χ1v) is 4.18. The lowest BCUT2D eigenvalue weighted by Gasteiger charge is -1.93. The van der Waals surface area contributed by atoms with Crippen LogP contribution in [0.1, 0.15) is 13.8 Å². The van der Waals surface area contributed by atoms with Crippen LogP contribution in [0.25, 0.3) is 0 Å². The second kappa shape index (κ2) is 4.95. The Bertz CT molecular complexity index is 123. The molecule has 0 aromatic heterocycles. The minimum Gasteiger partial charge on any atom is -0.127 e. The average molecular weight is 163 g/mol. The van der Waals surface area contributed by atoms with Crippen molar-refractivity contribution in [2.24, 2.45) is 0 Å². The van der Waals surface area contributed by atoms with E-state index in [1.807, 2.05) is 13.0 Å². The zero-order chi connectivity index (χ0) is 7.28. The van der Waals surface area contributed by atoms with Crippen LogP contribution in [0.4, 0.5) is 0 Å². The van der Waals surface area contributed by atoms with Crippen LogP contribution in [0, 0.1) is 0 Å². The Morgan fingerprint density at radius 2 is 2.33 bits per heavy atom. The van der Waals surface area contributed by atoms with E-state index in [1.165, 1.54) is 0 Å². The maximum Gasteiger partial charge on any atom is 0.0160 e. The minimum atomic E-state index is 0.793. The van der Waals surface area contributed by atoms with Gasteiger partial charge in [0.1, 0.15) is 0 Å². The van der Waals surface area contributed by atoms with E-state index < -0.39 is 0 Å². The molecule has 0 aliphatic carbocycles. The van der Waals surface area contributed by atoms with Gasteiger partial charge < -0.3 is 0 Å². The number of thioether (sulfide) groups is 1. The predicted molar refractivity (Wildman–Crippen MR) is 46.9 cm³/mol. The van der Waals surface area contributed by atoms with Gasteiger partial charge in [-0.2, -0.15) is 0 Å². The van der Waals surface area contributed by atoms with Gasteiger partial charge in [-0.25, -0.2) is 0 Å². The van der Waals surface area contributed by atoms with Gasteiger partial charge in [0.2, 0.25) is 0 Å². The lowest BCUT2D eigenvalue weighted by atomic mass is 10.5. The summed E-state index contributed by atoms with van der Waals surface area (Å²) in [4.78, 5) is 1.03. The van der Waals surface area contributed by atoms with Crippen LogP contribution in [0.15, 0.2) is 22.6 Å². The number of rotatable bonds is 3. The molecule has 0 N–H and O–H groups in total. The molecule has 0 spiro atoms. The summed E-state index contributed by atoms with van der Waals surface area (Å²) in [6.45, 7) is 7.73. The Morgan fingerprint density at radius 1 is 1.78 bits per heavy atom. The van der Waals surface area contributed by atoms with Gasteiger partial charge >= 0.3 is 0 Å². The first-order chi connectivity index (χ1) is 4.16. The Balaban J connectivity index is 3.63. The molecule has 0 fully saturated rings. The third-order valence-corrected chi connectivity index (χ3v) is 1.58. The van der Waals surface area contributed by atoms with Gasteiger partial charge in [-0.1, -0.05) is 25.1 Å². The number of hydrogen-bond acceptors (Lipinski definition) is 1. The molecule has 0 bridgehead atoms. The van der Waals surface area contributed by atoms with E-state index in [4.69, 9.17) is 11.6 Å². The molecule has 52 valence electrons. The van der Waals surface area contributed by atoms with Gasteiger partial charge in [-0.15, -0.1) is 11.8 Å². The highest BCUT2D eigenvalue weighted by Crippen LogP contribution is 2.16. The molecule has 0 atom stereocenters. The second-order valence-electron chi connectivity index (χ2n) is 1.63. The highest BCUT2D eigenvalue weighted by atomic mass is 35.5. The maximum absolute atomic E-state index is 5.60. The fourth-order valence-electron chi connectivity index (χ4n) is 0.449. The summed E-state index contributed by atoms with van der Waals surface area (Å²) in [6.07, 6.45) is 1.87. The van der Waals surface area contributed by atoms with Crippen molar-refractivity contribution in [3.05, 3.63) is 22.6 Å². The Hall–Kier alpha value is 0.120. The standard InChI is InChI=1S/C7H11ClS/c1-4-9-7(3)5-6(2)8/h5H,3-4H2,1-2H3/b6-5+. The zero-order valence-electron chi connectivity index (χ0n) is 5.78. The van der Waals surface area contributed by atoms with Crippen LogP contribution in [0.2, 0.25) is 0 Å². The van der Waals surface area contributed by atoms with Crippen molar-refractivity contribution in [2.45, 2.75) is 13.8 Å². The molecule has 0 radical (unpaired) electrons. The molecular formula is C7H11ClS. The van der Waals surface area contributed by atoms with Crippen molar-refractivity contribution >= 4 is 23.4 Å². The summed E-state index contributed by atoms with van der Waals surface area (Å²) >= 11 is 7.30. The quantitative estimate of drug-likeness (QED) is 0.574. The summed E-state index contributed by atoms with van der Waals surface area (Å²) in [7, 11) is 0. The zero-order valence-corrected chi connectivity index (χ0v) is 7.35. The highest BCUT2D eigenvalue weighted by molar-refractivity contribution is 8.03. The van der Waals surface area contributed by atoms with E-state index in [0.717, 1.165) is 15.7 Å². The van der Waals surface area contributed by atoms with Crippen LogP contribution in [-0.2, 0) is 0 Å². The monoisotopic (exact) mass is 162 g/mol. The summed E-state index contributed by atoms with van der Waals surface area (Å²) in [5.74, 6) is 1.06. The fraction of sp³-hybridized carbons (Fsp3) is 0.429. The van der Waals surface area contributed by atoms with Crippen molar-refractivity contribution in [2.75, 3.05) is 5.75 Å². The minimum absolute atomic E-state index is 0.793. The highest BCUT2D eigenvalue weighted by Gasteiger charge is 1.86. The van der Waals surface area contributed by atoms with Crippen molar-refractivity contribution < 1.29 is 0 Å². The van der Waals surface area contributed by atoms with Gasteiger partial charge in [0.15, 0.2) is 0 Å². The van der Waals surface area contributed by atoms with Crippen molar-refractivity contribution in [1.29, 1.82) is 0 Å². The van der Waals surface area contributed by atoms with Crippen LogP contribution in [0.3, 0.4) is 0 Å². The van der Waals surface area contributed by atoms with Crippen LogP contribution < -0.4 is 0 Å². The van der Waals surface area contributed by atoms with Crippen LogP contribution >= 0.6 is 23.4 Å². The summed E-state index contributed by atoms with van der Waals surface area (Å²) in [5, 5.41) is 0.793. The number of halogens is 1. The lowest BCUT2D eigenvalue weighted by Crippen LogP contribution is -1.69. The maximum atomic E-state index is 5.60. The molecule has 0 amide bonds. The molecule has 2 heteroatoms. The summed E-state index contributed by atoms with van der Waals surface area (Å²) in [6, 6.07) is 0. The third kappa shape index (κ3) is 6.00. The fourth-order valence-corrected chi connectivity index (χ4v) is 1.28. The SMILES string of the molecule is C=C(/C=C(\C)Cl)SCC. The molecule has 0 heterocycles. The van der Waals surface area contributed by atoms with Gasteiger partial charge in [0.05, 0.1) is 0 Å². The smallest absolute Gasteiger partial charge is 0.0160 e. The van der Waals surface area contributed by atoms with Gasteiger partial charge in [-0.05, 0) is 18.8 Å².